The molecule has 6 heteroatoms. The minimum atomic E-state index is -0.369. The number of nitrogens with zero attached hydrogens (tertiary/aromatic N) is 2. The first-order chi connectivity index (χ1) is 9.65. The molecule has 0 unspecified atom stereocenters. The van der Waals surface area contributed by atoms with E-state index < -0.39 is 0 Å². The van der Waals surface area contributed by atoms with Gasteiger partial charge in [0.1, 0.15) is 5.82 Å². The minimum Gasteiger partial charge on any atom is -0.325 e. The summed E-state index contributed by atoms with van der Waals surface area (Å²) in [5.74, 6) is -0.562. The van der Waals surface area contributed by atoms with Gasteiger partial charge in [-0.2, -0.15) is 5.10 Å². The second kappa shape index (κ2) is 6.81. The Bertz CT molecular complexity index is 582. The highest BCUT2D eigenvalue weighted by Crippen LogP contribution is 2.08. The van der Waals surface area contributed by atoms with Crippen molar-refractivity contribution in [2.45, 2.75) is 6.42 Å². The fourth-order valence-corrected chi connectivity index (χ4v) is 1.84. The molecule has 0 aliphatic heterocycles. The topological polar surface area (TPSA) is 59.0 Å². The Morgan fingerprint density at radius 1 is 1.40 bits per heavy atom. The molecule has 0 radical (unpaired) electrons. The molecule has 20 heavy (non-hydrogen) atoms. The molecular formula is C14H17FN4O. The normalized spacial score (nSPS) is 10.5. The molecule has 0 fully saturated rings. The van der Waals surface area contributed by atoms with Crippen LogP contribution in [0.2, 0.25) is 0 Å². The Morgan fingerprint density at radius 2 is 2.25 bits per heavy atom. The van der Waals surface area contributed by atoms with E-state index in [1.54, 1.807) is 23.0 Å². The monoisotopic (exact) mass is 276 g/mol. The van der Waals surface area contributed by atoms with Crippen LogP contribution in [0.25, 0.3) is 0 Å². The Morgan fingerprint density at radius 3 is 2.95 bits per heavy atom. The first kappa shape index (κ1) is 14.2. The molecule has 106 valence electrons. The van der Waals surface area contributed by atoms with Crippen LogP contribution in [0.3, 0.4) is 0 Å². The lowest BCUT2D eigenvalue weighted by Crippen LogP contribution is -2.29. The van der Waals surface area contributed by atoms with Crippen molar-refractivity contribution in [1.82, 2.24) is 15.1 Å². The van der Waals surface area contributed by atoms with Crippen molar-refractivity contribution in [3.8, 4) is 0 Å². The van der Waals surface area contributed by atoms with Crippen molar-refractivity contribution in [3.05, 3.63) is 48.0 Å². The second-order valence-corrected chi connectivity index (χ2v) is 4.43. The lowest BCUT2D eigenvalue weighted by molar-refractivity contribution is -0.115. The third kappa shape index (κ3) is 4.17. The Hall–Kier alpha value is -2.21. The number of hydrogen-bond acceptors (Lipinski definition) is 3. The summed E-state index contributed by atoms with van der Waals surface area (Å²) in [6, 6.07) is 7.77. The first-order valence-electron chi connectivity index (χ1n) is 6.38. The summed E-state index contributed by atoms with van der Waals surface area (Å²) in [5.41, 5.74) is 1.56. The third-order valence-electron chi connectivity index (χ3n) is 2.87. The minimum absolute atomic E-state index is 0.189. The quantitative estimate of drug-likeness (QED) is 0.783. The molecule has 2 N–H and O–H groups in total. The number of nitrogens with one attached hydrogen (secondary N) is 2. The SMILES string of the molecule is Cn1nccc1CCNCC(=O)Nc1cccc(F)c1. The van der Waals surface area contributed by atoms with Crippen LogP contribution in [0.15, 0.2) is 36.5 Å². The number of rotatable bonds is 6. The van der Waals surface area contributed by atoms with E-state index in [4.69, 9.17) is 0 Å². The van der Waals surface area contributed by atoms with Crippen molar-refractivity contribution in [1.29, 1.82) is 0 Å². The Balaban J connectivity index is 1.69. The van der Waals surface area contributed by atoms with Gasteiger partial charge in [0.05, 0.1) is 6.54 Å². The molecule has 1 aromatic heterocycles. The molecule has 5 nitrogen and oxygen atoms in total. The van der Waals surface area contributed by atoms with Crippen LogP contribution in [-0.4, -0.2) is 28.8 Å². The second-order valence-electron chi connectivity index (χ2n) is 4.43. The van der Waals surface area contributed by atoms with Crippen LogP contribution in [-0.2, 0) is 18.3 Å². The van der Waals surface area contributed by atoms with Gasteiger partial charge in [0.25, 0.3) is 0 Å². The summed E-state index contributed by atoms with van der Waals surface area (Å²) >= 11 is 0. The smallest absolute Gasteiger partial charge is 0.238 e. The van der Waals surface area contributed by atoms with E-state index in [2.05, 4.69) is 15.7 Å². The van der Waals surface area contributed by atoms with Gasteiger partial charge in [-0.3, -0.25) is 9.48 Å². The lowest BCUT2D eigenvalue weighted by atomic mass is 10.3. The van der Waals surface area contributed by atoms with Gasteiger partial charge in [-0.15, -0.1) is 0 Å². The molecule has 0 spiro atoms. The van der Waals surface area contributed by atoms with Gasteiger partial charge in [-0.1, -0.05) is 6.07 Å². The van der Waals surface area contributed by atoms with Crippen LogP contribution >= 0.6 is 0 Å². The highest BCUT2D eigenvalue weighted by Gasteiger charge is 2.03. The average Bonchev–Trinajstić information content (AvgIpc) is 2.80. The molecule has 0 saturated heterocycles. The maximum atomic E-state index is 12.9. The van der Waals surface area contributed by atoms with Crippen LogP contribution in [0, 0.1) is 5.82 Å². The summed E-state index contributed by atoms with van der Waals surface area (Å²) in [4.78, 5) is 11.6. The van der Waals surface area contributed by atoms with Crippen molar-refractivity contribution >= 4 is 11.6 Å². The highest BCUT2D eigenvalue weighted by molar-refractivity contribution is 5.92. The summed E-state index contributed by atoms with van der Waals surface area (Å²) in [7, 11) is 1.88. The number of amides is 1. The molecule has 0 aliphatic carbocycles. The predicted octanol–water partition coefficient (Wildman–Crippen LogP) is 1.33. The number of anilines is 1. The largest absolute Gasteiger partial charge is 0.325 e. The van der Waals surface area contributed by atoms with E-state index in [0.29, 0.717) is 12.2 Å². The number of halogens is 1. The number of carbonyl (C=O) groups is 1. The van der Waals surface area contributed by atoms with Crippen molar-refractivity contribution in [2.24, 2.45) is 7.05 Å². The molecule has 0 atom stereocenters. The average molecular weight is 276 g/mol. The van der Waals surface area contributed by atoms with E-state index in [-0.39, 0.29) is 18.3 Å². The van der Waals surface area contributed by atoms with Crippen LogP contribution in [0.4, 0.5) is 10.1 Å². The Labute approximate surface area is 116 Å². The van der Waals surface area contributed by atoms with Crippen molar-refractivity contribution in [3.63, 3.8) is 0 Å². The highest BCUT2D eigenvalue weighted by atomic mass is 19.1. The standard InChI is InChI=1S/C14H17FN4O/c1-19-13(6-8-17-19)5-7-16-10-14(20)18-12-4-2-3-11(15)9-12/h2-4,6,8-9,16H,5,7,10H2,1H3,(H,18,20). The summed E-state index contributed by atoms with van der Waals surface area (Å²) in [5, 5.41) is 9.74. The molecule has 1 amide bonds. The zero-order valence-electron chi connectivity index (χ0n) is 11.3. The number of aryl methyl sites for hydroxylation is 1. The van der Waals surface area contributed by atoms with Gasteiger partial charge >= 0.3 is 0 Å². The van der Waals surface area contributed by atoms with E-state index in [1.807, 2.05) is 13.1 Å². The molecule has 2 rings (SSSR count). The number of benzene rings is 1. The third-order valence-corrected chi connectivity index (χ3v) is 2.87. The zero-order chi connectivity index (χ0) is 14.4. The summed E-state index contributed by atoms with van der Waals surface area (Å²) in [6.45, 7) is 0.866. The summed E-state index contributed by atoms with van der Waals surface area (Å²) in [6.07, 6.45) is 2.54. The van der Waals surface area contributed by atoms with Gasteiger partial charge in [0.2, 0.25) is 5.91 Å². The van der Waals surface area contributed by atoms with E-state index in [9.17, 15) is 9.18 Å². The molecule has 1 heterocycles. The van der Waals surface area contributed by atoms with Crippen LogP contribution < -0.4 is 10.6 Å². The Kier molecular flexibility index (Phi) is 4.84. The fourth-order valence-electron chi connectivity index (χ4n) is 1.84. The maximum Gasteiger partial charge on any atom is 0.238 e. The van der Waals surface area contributed by atoms with Crippen LogP contribution in [0.1, 0.15) is 5.69 Å². The van der Waals surface area contributed by atoms with E-state index in [1.165, 1.54) is 12.1 Å². The predicted molar refractivity (Wildman–Crippen MR) is 74.8 cm³/mol. The molecule has 0 bridgehead atoms. The van der Waals surface area contributed by atoms with Crippen LogP contribution in [0.5, 0.6) is 0 Å². The number of aromatic nitrogens is 2. The first-order valence-corrected chi connectivity index (χ1v) is 6.38. The van der Waals surface area contributed by atoms with Crippen molar-refractivity contribution in [2.75, 3.05) is 18.4 Å². The van der Waals surface area contributed by atoms with Gasteiger partial charge < -0.3 is 10.6 Å². The van der Waals surface area contributed by atoms with Gasteiger partial charge in [0.15, 0.2) is 0 Å². The zero-order valence-corrected chi connectivity index (χ0v) is 11.3. The number of carbonyl (C=O) groups excluding carboxylic acids is 1. The molecule has 0 aliphatic rings. The lowest BCUT2D eigenvalue weighted by Gasteiger charge is -2.07. The summed E-state index contributed by atoms with van der Waals surface area (Å²) < 4.78 is 14.7. The van der Waals surface area contributed by atoms with Gasteiger partial charge in [-0.25, -0.2) is 4.39 Å². The van der Waals surface area contributed by atoms with E-state index in [0.717, 1.165) is 12.1 Å². The van der Waals surface area contributed by atoms with Gasteiger partial charge in [-0.05, 0) is 24.3 Å². The molecular weight excluding hydrogens is 259 g/mol. The molecule has 2 aromatic rings. The molecule has 1 aromatic carbocycles. The van der Waals surface area contributed by atoms with Gasteiger partial charge in [0, 0.05) is 37.6 Å². The fraction of sp³-hybridized carbons (Fsp3) is 0.286. The maximum absolute atomic E-state index is 12.9. The molecule has 0 saturated carbocycles. The van der Waals surface area contributed by atoms with E-state index >= 15 is 0 Å². The van der Waals surface area contributed by atoms with Crippen molar-refractivity contribution < 1.29 is 9.18 Å². The number of hydrogen-bond donors (Lipinski definition) is 2.